The molecule has 102 valence electrons. The van der Waals surface area contributed by atoms with Crippen LogP contribution in [-0.4, -0.2) is 22.0 Å². The van der Waals surface area contributed by atoms with E-state index in [4.69, 9.17) is 5.11 Å². The fourth-order valence-electron chi connectivity index (χ4n) is 2.59. The molecule has 2 atom stereocenters. The van der Waals surface area contributed by atoms with Crippen LogP contribution in [0, 0.1) is 16.0 Å². The molecule has 0 spiro atoms. The van der Waals surface area contributed by atoms with Gasteiger partial charge in [0.15, 0.2) is 0 Å². The highest BCUT2D eigenvalue weighted by molar-refractivity contribution is 5.95. The topological polar surface area (TPSA) is 92.5 Å². The van der Waals surface area contributed by atoms with Crippen molar-refractivity contribution in [2.75, 3.05) is 5.32 Å². The lowest BCUT2D eigenvalue weighted by Gasteiger charge is -2.18. The van der Waals surface area contributed by atoms with Crippen LogP contribution in [0.3, 0.4) is 0 Å². The fourth-order valence-corrected chi connectivity index (χ4v) is 2.59. The third kappa shape index (κ3) is 2.67. The number of anilines is 1. The number of carbonyl (C=O) groups is 1. The molecule has 0 heterocycles. The van der Waals surface area contributed by atoms with Gasteiger partial charge in [0.25, 0.3) is 0 Å². The molecular formula is C13H16N2O4. The average molecular weight is 264 g/mol. The second kappa shape index (κ2) is 5.26. The molecule has 1 aliphatic rings. The molecule has 6 nitrogen and oxygen atoms in total. The van der Waals surface area contributed by atoms with Crippen LogP contribution < -0.4 is 5.32 Å². The summed E-state index contributed by atoms with van der Waals surface area (Å²) in [6, 6.07) is 4.51. The van der Waals surface area contributed by atoms with E-state index in [-0.39, 0.29) is 17.3 Å². The molecular weight excluding hydrogens is 248 g/mol. The number of carboxylic acids is 1. The van der Waals surface area contributed by atoms with E-state index in [1.807, 2.05) is 0 Å². The first kappa shape index (κ1) is 13.3. The molecule has 1 aromatic carbocycles. The normalized spacial score (nSPS) is 22.2. The second-order valence-corrected chi connectivity index (χ2v) is 4.92. The van der Waals surface area contributed by atoms with E-state index in [0.29, 0.717) is 11.6 Å². The number of aromatic carboxylic acids is 1. The first-order chi connectivity index (χ1) is 9.00. The molecule has 2 N–H and O–H groups in total. The molecule has 0 bridgehead atoms. The summed E-state index contributed by atoms with van der Waals surface area (Å²) in [6.45, 7) is 2.09. The van der Waals surface area contributed by atoms with Crippen molar-refractivity contribution >= 4 is 17.3 Å². The highest BCUT2D eigenvalue weighted by Crippen LogP contribution is 2.33. The maximum Gasteiger partial charge on any atom is 0.342 e. The Morgan fingerprint density at radius 3 is 2.74 bits per heavy atom. The van der Waals surface area contributed by atoms with Crippen molar-refractivity contribution < 1.29 is 14.8 Å². The molecule has 1 aliphatic carbocycles. The van der Waals surface area contributed by atoms with Gasteiger partial charge in [-0.1, -0.05) is 19.4 Å². The van der Waals surface area contributed by atoms with Gasteiger partial charge in [-0.25, -0.2) is 4.79 Å². The van der Waals surface area contributed by atoms with Gasteiger partial charge in [0, 0.05) is 6.04 Å². The molecule has 0 aliphatic heterocycles. The van der Waals surface area contributed by atoms with Crippen molar-refractivity contribution in [3.8, 4) is 0 Å². The summed E-state index contributed by atoms with van der Waals surface area (Å²) in [7, 11) is 0. The summed E-state index contributed by atoms with van der Waals surface area (Å²) >= 11 is 0. The predicted octanol–water partition coefficient (Wildman–Crippen LogP) is 2.89. The van der Waals surface area contributed by atoms with Crippen molar-refractivity contribution in [1.29, 1.82) is 0 Å². The fraction of sp³-hybridized carbons (Fsp3) is 0.462. The minimum atomic E-state index is -1.28. The Morgan fingerprint density at radius 2 is 2.21 bits per heavy atom. The lowest BCUT2D eigenvalue weighted by atomic mass is 10.0. The summed E-state index contributed by atoms with van der Waals surface area (Å²) < 4.78 is 0. The number of para-hydroxylation sites is 1. The van der Waals surface area contributed by atoms with Crippen molar-refractivity contribution in [3.63, 3.8) is 0 Å². The zero-order valence-corrected chi connectivity index (χ0v) is 10.6. The Hall–Kier alpha value is -2.11. The third-order valence-electron chi connectivity index (χ3n) is 3.65. The Morgan fingerprint density at radius 1 is 1.47 bits per heavy atom. The van der Waals surface area contributed by atoms with E-state index in [1.54, 1.807) is 6.07 Å². The van der Waals surface area contributed by atoms with Crippen LogP contribution >= 0.6 is 0 Å². The van der Waals surface area contributed by atoms with Gasteiger partial charge in [-0.2, -0.15) is 0 Å². The largest absolute Gasteiger partial charge is 0.477 e. The van der Waals surface area contributed by atoms with Crippen molar-refractivity contribution in [2.24, 2.45) is 5.92 Å². The Balaban J connectivity index is 2.36. The maximum atomic E-state index is 11.1. The maximum absolute atomic E-state index is 11.1. The summed E-state index contributed by atoms with van der Waals surface area (Å²) in [5.74, 6) is -0.845. The zero-order valence-electron chi connectivity index (χ0n) is 10.6. The van der Waals surface area contributed by atoms with Gasteiger partial charge in [-0.15, -0.1) is 0 Å². The standard InChI is InChI=1S/C13H16N2O4/c1-8-4-2-6-10(8)14-11-7-3-5-9(13(16)17)12(11)15(18)19/h3,5,7-8,10,14H,2,4,6H2,1H3,(H,16,17). The molecule has 0 amide bonds. The lowest BCUT2D eigenvalue weighted by Crippen LogP contribution is -2.22. The third-order valence-corrected chi connectivity index (χ3v) is 3.65. The summed E-state index contributed by atoms with van der Waals surface area (Å²) in [4.78, 5) is 21.5. The first-order valence-electron chi connectivity index (χ1n) is 6.28. The van der Waals surface area contributed by atoms with Crippen LogP contribution in [0.5, 0.6) is 0 Å². The zero-order chi connectivity index (χ0) is 14.0. The minimum Gasteiger partial charge on any atom is -0.477 e. The number of nitro groups is 1. The Labute approximate surface area is 110 Å². The van der Waals surface area contributed by atoms with Crippen molar-refractivity contribution in [3.05, 3.63) is 33.9 Å². The molecule has 0 radical (unpaired) electrons. The number of nitrogens with one attached hydrogen (secondary N) is 1. The van der Waals surface area contributed by atoms with E-state index in [2.05, 4.69) is 12.2 Å². The van der Waals surface area contributed by atoms with Gasteiger partial charge < -0.3 is 10.4 Å². The van der Waals surface area contributed by atoms with Crippen molar-refractivity contribution in [1.82, 2.24) is 0 Å². The SMILES string of the molecule is CC1CCCC1Nc1cccc(C(=O)O)c1[N+](=O)[O-]. The summed E-state index contributed by atoms with van der Waals surface area (Å²) in [6.07, 6.45) is 3.13. The van der Waals surface area contributed by atoms with Gasteiger partial charge in [-0.05, 0) is 30.9 Å². The van der Waals surface area contributed by atoms with Gasteiger partial charge in [0.1, 0.15) is 11.3 Å². The Bertz CT molecular complexity index is 515. The number of rotatable bonds is 4. The smallest absolute Gasteiger partial charge is 0.342 e. The molecule has 2 unspecified atom stereocenters. The minimum absolute atomic E-state index is 0.169. The number of nitro benzene ring substituents is 1. The lowest BCUT2D eigenvalue weighted by molar-refractivity contribution is -0.384. The quantitative estimate of drug-likeness (QED) is 0.644. The number of hydrogen-bond acceptors (Lipinski definition) is 4. The van der Waals surface area contributed by atoms with Gasteiger partial charge in [-0.3, -0.25) is 10.1 Å². The molecule has 1 saturated carbocycles. The van der Waals surface area contributed by atoms with Crippen LogP contribution in [0.2, 0.25) is 0 Å². The average Bonchev–Trinajstić information content (AvgIpc) is 2.74. The molecule has 19 heavy (non-hydrogen) atoms. The first-order valence-corrected chi connectivity index (χ1v) is 6.28. The molecule has 1 fully saturated rings. The molecule has 0 aromatic heterocycles. The predicted molar refractivity (Wildman–Crippen MR) is 70.5 cm³/mol. The number of hydrogen-bond donors (Lipinski definition) is 2. The van der Waals surface area contributed by atoms with Gasteiger partial charge in [0.2, 0.25) is 0 Å². The van der Waals surface area contributed by atoms with E-state index in [9.17, 15) is 14.9 Å². The van der Waals surface area contributed by atoms with Crippen LogP contribution in [0.15, 0.2) is 18.2 Å². The molecule has 2 rings (SSSR count). The number of nitrogens with zero attached hydrogens (tertiary/aromatic N) is 1. The second-order valence-electron chi connectivity index (χ2n) is 4.92. The van der Waals surface area contributed by atoms with E-state index >= 15 is 0 Å². The van der Waals surface area contributed by atoms with Crippen LogP contribution in [0.4, 0.5) is 11.4 Å². The molecule has 1 aromatic rings. The monoisotopic (exact) mass is 264 g/mol. The van der Waals surface area contributed by atoms with Gasteiger partial charge in [0.05, 0.1) is 4.92 Å². The molecule has 0 saturated heterocycles. The highest BCUT2D eigenvalue weighted by Gasteiger charge is 2.28. The van der Waals surface area contributed by atoms with E-state index < -0.39 is 10.9 Å². The van der Waals surface area contributed by atoms with Crippen LogP contribution in [0.1, 0.15) is 36.5 Å². The molecule has 6 heteroatoms. The number of benzene rings is 1. The highest BCUT2D eigenvalue weighted by atomic mass is 16.6. The Kier molecular flexibility index (Phi) is 3.69. The van der Waals surface area contributed by atoms with Crippen LogP contribution in [0.25, 0.3) is 0 Å². The number of carboxylic acid groups (broad SMARTS) is 1. The van der Waals surface area contributed by atoms with E-state index in [0.717, 1.165) is 19.3 Å². The summed E-state index contributed by atoms with van der Waals surface area (Å²) in [5.41, 5.74) is -0.335. The van der Waals surface area contributed by atoms with Crippen LogP contribution in [-0.2, 0) is 0 Å². The van der Waals surface area contributed by atoms with Crippen molar-refractivity contribution in [2.45, 2.75) is 32.2 Å². The summed E-state index contributed by atoms with van der Waals surface area (Å²) in [5, 5.41) is 23.3. The van der Waals surface area contributed by atoms with E-state index in [1.165, 1.54) is 12.1 Å². The van der Waals surface area contributed by atoms with Gasteiger partial charge >= 0.3 is 11.7 Å².